The van der Waals surface area contributed by atoms with Gasteiger partial charge in [-0.3, -0.25) is 14.4 Å². The summed E-state index contributed by atoms with van der Waals surface area (Å²) in [6.07, 6.45) is 63.9. The molecule has 0 rings (SSSR count). The van der Waals surface area contributed by atoms with Crippen molar-refractivity contribution < 1.29 is 28.6 Å². The van der Waals surface area contributed by atoms with Crippen molar-refractivity contribution in [3.8, 4) is 0 Å². The zero-order chi connectivity index (χ0) is 46.5. The van der Waals surface area contributed by atoms with E-state index in [1.165, 1.54) is 173 Å². The second-order valence-corrected chi connectivity index (χ2v) is 18.5. The monoisotopic (exact) mass is 897 g/mol. The van der Waals surface area contributed by atoms with Gasteiger partial charge in [0.2, 0.25) is 0 Å². The summed E-state index contributed by atoms with van der Waals surface area (Å²) in [4.78, 5) is 38.0. The van der Waals surface area contributed by atoms with E-state index >= 15 is 0 Å². The highest BCUT2D eigenvalue weighted by molar-refractivity contribution is 5.71. The normalized spacial score (nSPS) is 12.4. The minimum atomic E-state index is -0.797. The third-order valence-corrected chi connectivity index (χ3v) is 12.1. The lowest BCUT2D eigenvalue weighted by molar-refractivity contribution is -0.167. The summed E-state index contributed by atoms with van der Waals surface area (Å²) >= 11 is 0. The quantitative estimate of drug-likeness (QED) is 0.0262. The average molecular weight is 897 g/mol. The Balaban J connectivity index is 4.36. The fourth-order valence-electron chi connectivity index (χ4n) is 7.91. The first kappa shape index (κ1) is 61.4. The molecule has 0 unspecified atom stereocenters. The molecule has 0 bridgehead atoms. The van der Waals surface area contributed by atoms with Crippen LogP contribution in [-0.2, 0) is 28.6 Å². The molecule has 64 heavy (non-hydrogen) atoms. The summed E-state index contributed by atoms with van der Waals surface area (Å²) in [6.45, 7) is 6.58. The van der Waals surface area contributed by atoms with Crippen LogP contribution in [0.1, 0.15) is 284 Å². The molecular formula is C58H104O6. The van der Waals surface area contributed by atoms with Crippen LogP contribution in [0.3, 0.4) is 0 Å². The average Bonchev–Trinajstić information content (AvgIpc) is 3.29. The van der Waals surface area contributed by atoms with Crippen molar-refractivity contribution >= 4 is 17.9 Å². The molecule has 0 radical (unpaired) electrons. The molecule has 0 spiro atoms. The maximum absolute atomic E-state index is 12.8. The van der Waals surface area contributed by atoms with E-state index in [9.17, 15) is 14.4 Å². The van der Waals surface area contributed by atoms with Crippen LogP contribution >= 0.6 is 0 Å². The van der Waals surface area contributed by atoms with Crippen molar-refractivity contribution in [3.63, 3.8) is 0 Å². The number of allylic oxidation sites excluding steroid dienone is 8. The number of ether oxygens (including phenoxy) is 3. The fourth-order valence-corrected chi connectivity index (χ4v) is 7.91. The Morgan fingerprint density at radius 3 is 0.922 bits per heavy atom. The van der Waals surface area contributed by atoms with Crippen molar-refractivity contribution in [2.75, 3.05) is 13.2 Å². The Labute approximate surface area is 397 Å². The van der Waals surface area contributed by atoms with Gasteiger partial charge in [-0.1, -0.05) is 256 Å². The number of carbonyl (C=O) groups excluding carboxylic acids is 3. The number of unbranched alkanes of at least 4 members (excludes halogenated alkanes) is 31. The molecule has 0 aliphatic heterocycles. The Kier molecular flexibility index (Phi) is 50.8. The standard InChI is InChI=1S/C58H104O6/c1-4-7-10-13-16-19-22-24-26-28-29-31-32-34-36-39-42-45-48-51-57(60)63-54-55(53-62-56(59)50-47-44-41-38-21-18-15-12-9-6-3)64-58(61)52-49-46-43-40-37-35-33-30-27-25-23-20-17-14-11-8-5-2/h17,20,25,27,33,35,40,43,55H,4-16,18-19,21-24,26,28-32,34,36-39,41-42,44-54H2,1-3H3/b20-17-,27-25-,35-33-,43-40-/t55-/m1/s1. The minimum absolute atomic E-state index is 0.0909. The van der Waals surface area contributed by atoms with Crippen LogP contribution in [0.25, 0.3) is 0 Å². The van der Waals surface area contributed by atoms with Crippen molar-refractivity contribution in [1.82, 2.24) is 0 Å². The van der Waals surface area contributed by atoms with E-state index in [4.69, 9.17) is 14.2 Å². The lowest BCUT2D eigenvalue weighted by Gasteiger charge is -2.18. The third kappa shape index (κ3) is 50.4. The molecule has 0 aromatic rings. The zero-order valence-electron chi connectivity index (χ0n) is 42.6. The molecule has 0 aliphatic carbocycles. The lowest BCUT2D eigenvalue weighted by atomic mass is 10.0. The van der Waals surface area contributed by atoms with Gasteiger partial charge >= 0.3 is 17.9 Å². The molecule has 0 saturated heterocycles. The second-order valence-electron chi connectivity index (χ2n) is 18.5. The van der Waals surface area contributed by atoms with Gasteiger partial charge in [0.05, 0.1) is 0 Å². The summed E-state index contributed by atoms with van der Waals surface area (Å²) in [7, 11) is 0. The first-order chi connectivity index (χ1) is 31.5. The van der Waals surface area contributed by atoms with Crippen molar-refractivity contribution in [3.05, 3.63) is 48.6 Å². The van der Waals surface area contributed by atoms with E-state index in [0.717, 1.165) is 64.2 Å². The highest BCUT2D eigenvalue weighted by Crippen LogP contribution is 2.16. The molecule has 0 aliphatic rings. The van der Waals surface area contributed by atoms with E-state index in [0.29, 0.717) is 19.3 Å². The van der Waals surface area contributed by atoms with Crippen LogP contribution in [0, 0.1) is 0 Å². The Hall–Kier alpha value is -2.63. The van der Waals surface area contributed by atoms with Crippen LogP contribution in [0.2, 0.25) is 0 Å². The summed E-state index contributed by atoms with van der Waals surface area (Å²) in [6, 6.07) is 0. The van der Waals surface area contributed by atoms with Gasteiger partial charge in [0.15, 0.2) is 6.10 Å². The highest BCUT2D eigenvalue weighted by atomic mass is 16.6. The van der Waals surface area contributed by atoms with Crippen LogP contribution in [0.15, 0.2) is 48.6 Å². The summed E-state index contributed by atoms with van der Waals surface area (Å²) in [5.41, 5.74) is 0. The number of carbonyl (C=O) groups is 3. The number of hydrogen-bond acceptors (Lipinski definition) is 6. The Morgan fingerprint density at radius 2 is 0.578 bits per heavy atom. The molecule has 6 heteroatoms. The lowest BCUT2D eigenvalue weighted by Crippen LogP contribution is -2.30. The van der Waals surface area contributed by atoms with Crippen LogP contribution < -0.4 is 0 Å². The van der Waals surface area contributed by atoms with Gasteiger partial charge in [-0.15, -0.1) is 0 Å². The number of esters is 3. The fraction of sp³-hybridized carbons (Fsp3) is 0.810. The summed E-state index contributed by atoms with van der Waals surface area (Å²) in [5, 5.41) is 0. The van der Waals surface area contributed by atoms with Crippen molar-refractivity contribution in [2.45, 2.75) is 290 Å². The topological polar surface area (TPSA) is 78.9 Å². The Morgan fingerprint density at radius 1 is 0.312 bits per heavy atom. The second kappa shape index (κ2) is 53.0. The Bertz CT molecular complexity index is 1120. The highest BCUT2D eigenvalue weighted by Gasteiger charge is 2.19. The largest absolute Gasteiger partial charge is 0.462 e. The molecule has 0 amide bonds. The van der Waals surface area contributed by atoms with Gasteiger partial charge in [0.25, 0.3) is 0 Å². The van der Waals surface area contributed by atoms with E-state index < -0.39 is 6.10 Å². The molecule has 0 saturated carbocycles. The molecular weight excluding hydrogens is 793 g/mol. The first-order valence-electron chi connectivity index (χ1n) is 27.6. The van der Waals surface area contributed by atoms with E-state index in [2.05, 4.69) is 69.4 Å². The van der Waals surface area contributed by atoms with Gasteiger partial charge in [-0.05, 0) is 57.8 Å². The molecule has 0 aromatic heterocycles. The minimum Gasteiger partial charge on any atom is -0.462 e. The zero-order valence-corrected chi connectivity index (χ0v) is 42.6. The maximum Gasteiger partial charge on any atom is 0.306 e. The van der Waals surface area contributed by atoms with Crippen molar-refractivity contribution in [2.24, 2.45) is 0 Å². The van der Waals surface area contributed by atoms with E-state index in [-0.39, 0.29) is 37.5 Å². The van der Waals surface area contributed by atoms with Gasteiger partial charge in [-0.25, -0.2) is 0 Å². The van der Waals surface area contributed by atoms with Crippen LogP contribution in [0.4, 0.5) is 0 Å². The van der Waals surface area contributed by atoms with E-state index in [1.807, 2.05) is 0 Å². The van der Waals surface area contributed by atoms with Gasteiger partial charge in [0.1, 0.15) is 13.2 Å². The van der Waals surface area contributed by atoms with Gasteiger partial charge in [0, 0.05) is 19.3 Å². The van der Waals surface area contributed by atoms with Gasteiger partial charge < -0.3 is 14.2 Å². The SMILES string of the molecule is CCCCC/C=C\C/C=C\C/C=C\C/C=C\CCCC(=O)O[C@H](COC(=O)CCCCCCCCCCCC)COC(=O)CCCCCCCCCCCCCCCCCCCCC. The number of hydrogen-bond donors (Lipinski definition) is 0. The summed E-state index contributed by atoms with van der Waals surface area (Å²) < 4.78 is 16.8. The van der Waals surface area contributed by atoms with E-state index in [1.54, 1.807) is 0 Å². The van der Waals surface area contributed by atoms with Crippen LogP contribution in [0.5, 0.6) is 0 Å². The predicted molar refractivity (Wildman–Crippen MR) is 275 cm³/mol. The maximum atomic E-state index is 12.8. The molecule has 1 atom stereocenters. The predicted octanol–water partition coefficient (Wildman–Crippen LogP) is 18.3. The molecule has 6 nitrogen and oxygen atoms in total. The molecule has 372 valence electrons. The molecule has 0 heterocycles. The molecule has 0 N–H and O–H groups in total. The van der Waals surface area contributed by atoms with Gasteiger partial charge in [-0.2, -0.15) is 0 Å². The van der Waals surface area contributed by atoms with Crippen LogP contribution in [-0.4, -0.2) is 37.2 Å². The van der Waals surface area contributed by atoms with Crippen molar-refractivity contribution in [1.29, 1.82) is 0 Å². The molecule has 0 fully saturated rings. The molecule has 0 aromatic carbocycles. The third-order valence-electron chi connectivity index (χ3n) is 12.1. The first-order valence-corrected chi connectivity index (χ1v) is 27.6. The summed E-state index contributed by atoms with van der Waals surface area (Å²) in [5.74, 6) is -0.937. The smallest absolute Gasteiger partial charge is 0.306 e. The number of rotatable bonds is 50.